The average Bonchev–Trinajstić information content (AvgIpc) is 2.04. The van der Waals surface area contributed by atoms with Crippen molar-refractivity contribution < 1.29 is 13.2 Å². The van der Waals surface area contributed by atoms with Crippen LogP contribution in [0.1, 0.15) is 5.56 Å². The molecule has 0 fully saturated rings. The molecule has 0 aromatic heterocycles. The van der Waals surface area contributed by atoms with Gasteiger partial charge >= 0.3 is 9.24 Å². The first-order valence-electron chi connectivity index (χ1n) is 3.51. The van der Waals surface area contributed by atoms with Gasteiger partial charge in [0.15, 0.2) is 0 Å². The van der Waals surface area contributed by atoms with Crippen molar-refractivity contribution in [2.24, 2.45) is 4.40 Å². The van der Waals surface area contributed by atoms with Gasteiger partial charge in [-0.3, -0.25) is 0 Å². The Kier molecular flexibility index (Phi) is 5.79. The predicted octanol–water partition coefficient (Wildman–Crippen LogP) is 1.80. The van der Waals surface area contributed by atoms with Crippen LogP contribution in [0.15, 0.2) is 34.7 Å². The summed E-state index contributed by atoms with van der Waals surface area (Å²) >= 11 is 0. The Bertz CT molecular complexity index is 409. The highest BCUT2D eigenvalue weighted by Gasteiger charge is 1.95. The minimum Gasteiger partial charge on any atom is -0.210 e. The highest BCUT2D eigenvalue weighted by Crippen LogP contribution is 1.93. The summed E-state index contributed by atoms with van der Waals surface area (Å²) in [7, 11) is 0.376. The largest absolute Gasteiger partial charge is 0.350 e. The third-order valence-corrected chi connectivity index (χ3v) is 1.59. The van der Waals surface area contributed by atoms with E-state index in [9.17, 15) is 8.42 Å². The monoisotopic (exact) mass is 233 g/mol. The molecule has 0 aliphatic carbocycles. The zero-order chi connectivity index (χ0) is 11.0. The number of halogens is 1. The molecule has 0 saturated carbocycles. The molecule has 1 aromatic rings. The van der Waals surface area contributed by atoms with Gasteiger partial charge < -0.3 is 0 Å². The first-order chi connectivity index (χ1) is 6.45. The molecule has 0 atom stereocenters. The van der Waals surface area contributed by atoms with Crippen LogP contribution in [0.4, 0.5) is 0 Å². The minimum atomic E-state index is -4.00. The molecule has 0 bridgehead atoms. The van der Waals surface area contributed by atoms with Gasteiger partial charge in [0.25, 0.3) is 6.08 Å². The Balaban J connectivity index is 0.000000241. The zero-order valence-corrected chi connectivity index (χ0v) is 8.92. The van der Waals surface area contributed by atoms with Crippen molar-refractivity contribution in [3.05, 3.63) is 35.9 Å². The second-order valence-corrected chi connectivity index (χ2v) is 4.43. The van der Waals surface area contributed by atoms with Gasteiger partial charge in [-0.1, -0.05) is 40.3 Å². The van der Waals surface area contributed by atoms with Crippen molar-refractivity contribution in [1.29, 1.82) is 0 Å². The lowest BCUT2D eigenvalue weighted by molar-refractivity contribution is 0.564. The maximum Gasteiger partial charge on any atom is 0.350 e. The van der Waals surface area contributed by atoms with Crippen molar-refractivity contribution >= 4 is 26.0 Å². The highest BCUT2D eigenvalue weighted by atomic mass is 35.7. The van der Waals surface area contributed by atoms with E-state index in [1.807, 2.05) is 18.2 Å². The lowest BCUT2D eigenvalue weighted by atomic mass is 10.2. The van der Waals surface area contributed by atoms with E-state index < -0.39 is 9.24 Å². The number of hydrogen-bond acceptors (Lipinski definition) is 3. The van der Waals surface area contributed by atoms with Crippen molar-refractivity contribution in [3.63, 3.8) is 0 Å². The highest BCUT2D eigenvalue weighted by molar-refractivity contribution is 8.12. The summed E-state index contributed by atoms with van der Waals surface area (Å²) in [5.41, 5.74) is 1.32. The Hall–Kier alpha value is -1.16. The lowest BCUT2D eigenvalue weighted by Gasteiger charge is -1.82. The maximum atomic E-state index is 9.57. The van der Waals surface area contributed by atoms with Gasteiger partial charge in [0.1, 0.15) is 0 Å². The van der Waals surface area contributed by atoms with Gasteiger partial charge in [0.2, 0.25) is 0 Å². The van der Waals surface area contributed by atoms with E-state index in [2.05, 4.69) is 34.1 Å². The molecule has 0 amide bonds. The molecule has 0 aliphatic rings. The Labute approximate surface area is 86.8 Å². The molecule has 1 aromatic carbocycles. The van der Waals surface area contributed by atoms with Crippen LogP contribution >= 0.6 is 10.7 Å². The van der Waals surface area contributed by atoms with E-state index in [4.69, 9.17) is 4.79 Å². The van der Waals surface area contributed by atoms with E-state index >= 15 is 0 Å². The van der Waals surface area contributed by atoms with E-state index in [1.165, 1.54) is 5.56 Å². The van der Waals surface area contributed by atoms with E-state index in [-0.39, 0.29) is 0 Å². The minimum absolute atomic E-state index is 0.763. The van der Waals surface area contributed by atoms with Gasteiger partial charge in [-0.05, 0) is 6.92 Å². The molecule has 0 radical (unpaired) electrons. The maximum absolute atomic E-state index is 9.57. The standard InChI is InChI=1S/C7H8.CClNO3S/c1-7-5-3-2-4-6-7;2-7(5,6)3-1-4/h2-6H,1H3;. The topological polar surface area (TPSA) is 63.6 Å². The second-order valence-electron chi connectivity index (χ2n) is 2.25. The fraction of sp³-hybridized carbons (Fsp3) is 0.125. The quantitative estimate of drug-likeness (QED) is 0.422. The summed E-state index contributed by atoms with van der Waals surface area (Å²) < 4.78 is 21.3. The summed E-state index contributed by atoms with van der Waals surface area (Å²) in [4.78, 5) is 9.07. The third-order valence-electron chi connectivity index (χ3n) is 1.09. The second kappa shape index (κ2) is 6.32. The van der Waals surface area contributed by atoms with Crippen LogP contribution in [0.3, 0.4) is 0 Å². The molecular weight excluding hydrogens is 226 g/mol. The van der Waals surface area contributed by atoms with Crippen LogP contribution in [0, 0.1) is 6.92 Å². The van der Waals surface area contributed by atoms with Crippen LogP contribution in [-0.4, -0.2) is 14.5 Å². The van der Waals surface area contributed by atoms with Crippen LogP contribution in [0.25, 0.3) is 0 Å². The summed E-state index contributed by atoms with van der Waals surface area (Å²) in [6, 6.07) is 10.3. The smallest absolute Gasteiger partial charge is 0.210 e. The zero-order valence-electron chi connectivity index (χ0n) is 7.34. The van der Waals surface area contributed by atoms with E-state index in [0.29, 0.717) is 0 Å². The predicted molar refractivity (Wildman–Crippen MR) is 54.1 cm³/mol. The van der Waals surface area contributed by atoms with Gasteiger partial charge in [-0.15, -0.1) is 0 Å². The first kappa shape index (κ1) is 12.8. The van der Waals surface area contributed by atoms with Gasteiger partial charge in [-0.25, -0.2) is 4.79 Å². The number of aryl methyl sites for hydroxylation is 1. The molecule has 6 heteroatoms. The average molecular weight is 234 g/mol. The van der Waals surface area contributed by atoms with Gasteiger partial charge in [0.05, 0.1) is 0 Å². The Morgan fingerprint density at radius 2 is 1.79 bits per heavy atom. The number of nitrogens with zero attached hydrogens (tertiary/aromatic N) is 1. The molecule has 0 spiro atoms. The summed E-state index contributed by atoms with van der Waals surface area (Å²) in [6.45, 7) is 2.08. The lowest BCUT2D eigenvalue weighted by Crippen LogP contribution is -1.76. The molecule has 0 saturated heterocycles. The fourth-order valence-corrected chi connectivity index (χ4v) is 0.752. The summed E-state index contributed by atoms with van der Waals surface area (Å²) in [5.74, 6) is 0. The first-order valence-corrected chi connectivity index (χ1v) is 5.77. The molecule has 0 unspecified atom stereocenters. The van der Waals surface area contributed by atoms with Gasteiger partial charge in [-0.2, -0.15) is 8.42 Å². The van der Waals surface area contributed by atoms with Crippen molar-refractivity contribution in [2.75, 3.05) is 0 Å². The number of benzene rings is 1. The third kappa shape index (κ3) is 8.93. The van der Waals surface area contributed by atoms with Crippen molar-refractivity contribution in [2.45, 2.75) is 6.92 Å². The van der Waals surface area contributed by atoms with Crippen molar-refractivity contribution in [1.82, 2.24) is 0 Å². The molecule has 4 nitrogen and oxygen atoms in total. The molecule has 1 rings (SSSR count). The Morgan fingerprint density at radius 3 is 1.93 bits per heavy atom. The van der Waals surface area contributed by atoms with Crippen molar-refractivity contribution in [3.8, 4) is 0 Å². The molecular formula is C8H8ClNO3S. The van der Waals surface area contributed by atoms with Crippen LogP contribution in [0.2, 0.25) is 0 Å². The molecule has 14 heavy (non-hydrogen) atoms. The molecule has 0 heterocycles. The number of rotatable bonds is 1. The van der Waals surface area contributed by atoms with E-state index in [1.54, 1.807) is 0 Å². The van der Waals surface area contributed by atoms with Crippen LogP contribution in [0.5, 0.6) is 0 Å². The van der Waals surface area contributed by atoms with Gasteiger partial charge in [0, 0.05) is 10.7 Å². The fourth-order valence-electron chi connectivity index (χ4n) is 0.579. The summed E-state index contributed by atoms with van der Waals surface area (Å²) in [6.07, 6.45) is 0.763. The number of carbonyl (C=O) groups excluding carboxylic acids is 1. The number of isocyanates is 1. The molecule has 76 valence electrons. The number of hydrogen-bond donors (Lipinski definition) is 0. The van der Waals surface area contributed by atoms with Crippen LogP contribution < -0.4 is 0 Å². The molecule has 0 aliphatic heterocycles. The SMILES string of the molecule is Cc1ccccc1.O=C=NS(=O)(=O)Cl. The normalized spacial score (nSPS) is 9.29. The Morgan fingerprint density at radius 1 is 1.29 bits per heavy atom. The summed E-state index contributed by atoms with van der Waals surface area (Å²) in [5, 5.41) is 0. The van der Waals surface area contributed by atoms with Crippen LogP contribution in [-0.2, 0) is 14.0 Å². The molecule has 0 N–H and O–H groups in total. The van der Waals surface area contributed by atoms with E-state index in [0.717, 1.165) is 6.08 Å².